The van der Waals surface area contributed by atoms with E-state index in [1.165, 1.54) is 21.9 Å². The second-order valence-corrected chi connectivity index (χ2v) is 11.4. The third-order valence-corrected chi connectivity index (χ3v) is 7.83. The largest absolute Gasteiger partial charge is 0.497 e. The van der Waals surface area contributed by atoms with E-state index in [1.807, 2.05) is 30.4 Å². The lowest BCUT2D eigenvalue weighted by Crippen LogP contribution is -2.59. The van der Waals surface area contributed by atoms with E-state index in [2.05, 4.69) is 55.6 Å². The first kappa shape index (κ1) is 24.7. The highest BCUT2D eigenvalue weighted by Gasteiger charge is 2.49. The molecule has 1 fully saturated rings. The van der Waals surface area contributed by atoms with Crippen molar-refractivity contribution in [2.45, 2.75) is 44.6 Å². The quantitative estimate of drug-likeness (QED) is 0.535. The third kappa shape index (κ3) is 5.62. The monoisotopic (exact) mass is 481 g/mol. The number of allylic oxidation sites excluding steroid dienone is 3. The van der Waals surface area contributed by atoms with Gasteiger partial charge in [-0.1, -0.05) is 74.9 Å². The Labute approximate surface area is 203 Å². The molecule has 5 nitrogen and oxygen atoms in total. The first-order valence-corrected chi connectivity index (χ1v) is 13.7. The molecule has 1 saturated carbocycles. The van der Waals surface area contributed by atoms with Crippen LogP contribution in [0.1, 0.15) is 50.2 Å². The summed E-state index contributed by atoms with van der Waals surface area (Å²) in [6.45, 7) is 5.70. The summed E-state index contributed by atoms with van der Waals surface area (Å²) in [7, 11) is -4.11. The smallest absolute Gasteiger partial charge is 0.266 e. The van der Waals surface area contributed by atoms with Crippen molar-refractivity contribution in [1.82, 2.24) is 5.32 Å². The van der Waals surface area contributed by atoms with Crippen LogP contribution in [0.25, 0.3) is 16.8 Å². The molecule has 2 aromatic carbocycles. The Morgan fingerprint density at radius 2 is 2.00 bits per heavy atom. The van der Waals surface area contributed by atoms with Gasteiger partial charge >= 0.3 is 0 Å². The van der Waals surface area contributed by atoms with Crippen LogP contribution in [0.5, 0.6) is 0 Å². The van der Waals surface area contributed by atoms with Gasteiger partial charge in [0, 0.05) is 11.5 Å². The van der Waals surface area contributed by atoms with Crippen molar-refractivity contribution in [2.75, 3.05) is 18.9 Å². The minimum atomic E-state index is -4.11. The Kier molecular flexibility index (Phi) is 7.60. The summed E-state index contributed by atoms with van der Waals surface area (Å²) in [5.74, 6) is 0.470. The van der Waals surface area contributed by atoms with Gasteiger partial charge in [0.05, 0.1) is 12.0 Å². The van der Waals surface area contributed by atoms with Gasteiger partial charge < -0.3 is 10.1 Å². The van der Waals surface area contributed by atoms with Crippen LogP contribution in [-0.2, 0) is 14.9 Å². The van der Waals surface area contributed by atoms with E-state index in [4.69, 9.17) is 4.74 Å². The van der Waals surface area contributed by atoms with E-state index >= 15 is 0 Å². The number of rotatable bonds is 5. The Morgan fingerprint density at radius 3 is 2.65 bits per heavy atom. The molecule has 3 aliphatic rings. The molecule has 3 atom stereocenters. The highest BCUT2D eigenvalue weighted by molar-refractivity contribution is 7.85. The maximum Gasteiger partial charge on any atom is 0.266 e. The van der Waals surface area contributed by atoms with Crippen LogP contribution in [0.3, 0.4) is 0 Å². The fourth-order valence-corrected chi connectivity index (χ4v) is 6.68. The number of ether oxygens (including phenoxy) is 1. The van der Waals surface area contributed by atoms with Gasteiger partial charge in [-0.05, 0) is 65.3 Å². The van der Waals surface area contributed by atoms with Crippen molar-refractivity contribution in [1.29, 1.82) is 0 Å². The summed E-state index contributed by atoms with van der Waals surface area (Å²) in [5, 5.41) is 6.00. The maximum atomic E-state index is 12.0. The molecule has 1 aliphatic heterocycles. The van der Waals surface area contributed by atoms with Gasteiger partial charge in [0.2, 0.25) is 0 Å². The molecular weight excluding hydrogens is 446 g/mol. The second-order valence-electron chi connectivity index (χ2n) is 9.93. The predicted molar refractivity (Wildman–Crippen MR) is 139 cm³/mol. The number of hydrogen-bond acceptors (Lipinski definition) is 4. The van der Waals surface area contributed by atoms with Crippen LogP contribution in [0.4, 0.5) is 0 Å². The Balaban J connectivity index is 0.000000398. The number of benzene rings is 2. The summed E-state index contributed by atoms with van der Waals surface area (Å²) < 4.78 is 38.7. The highest BCUT2D eigenvalue weighted by atomic mass is 32.2. The second kappa shape index (κ2) is 10.5. The summed E-state index contributed by atoms with van der Waals surface area (Å²) in [5.41, 5.74) is 1.74. The van der Waals surface area contributed by atoms with Crippen molar-refractivity contribution >= 4 is 27.0 Å². The summed E-state index contributed by atoms with van der Waals surface area (Å²) in [6, 6.07) is 12.6. The zero-order valence-corrected chi connectivity index (χ0v) is 20.8. The molecule has 0 saturated heterocycles. The van der Waals surface area contributed by atoms with Crippen molar-refractivity contribution in [3.63, 3.8) is 0 Å². The molecule has 34 heavy (non-hydrogen) atoms. The lowest BCUT2D eigenvalue weighted by atomic mass is 9.61. The number of nitrogens with one attached hydrogen (secondary N) is 1. The van der Waals surface area contributed by atoms with Crippen LogP contribution < -0.4 is 5.32 Å². The van der Waals surface area contributed by atoms with Crippen LogP contribution >= 0.6 is 0 Å². The molecule has 0 amide bonds. The van der Waals surface area contributed by atoms with E-state index in [1.54, 1.807) is 6.26 Å². The molecular formula is C28H35NO4S. The van der Waals surface area contributed by atoms with Gasteiger partial charge in [0.25, 0.3) is 10.1 Å². The fraction of sp³-hybridized carbons (Fsp3) is 0.429. The van der Waals surface area contributed by atoms with Gasteiger partial charge in [-0.25, -0.2) is 0 Å². The molecule has 2 N–H and O–H groups in total. The fourth-order valence-electron chi connectivity index (χ4n) is 5.60. The number of hydrogen-bond donors (Lipinski definition) is 2. The average Bonchev–Trinajstić information content (AvgIpc) is 2.83. The zero-order chi connectivity index (χ0) is 24.2. The molecule has 0 bridgehead atoms. The lowest BCUT2D eigenvalue weighted by molar-refractivity contribution is 0.172. The molecule has 6 heteroatoms. The summed E-state index contributed by atoms with van der Waals surface area (Å²) >= 11 is 0. The van der Waals surface area contributed by atoms with E-state index in [-0.39, 0.29) is 17.6 Å². The van der Waals surface area contributed by atoms with Crippen molar-refractivity contribution in [3.8, 4) is 0 Å². The molecule has 182 valence electrons. The van der Waals surface area contributed by atoms with Gasteiger partial charge in [0.1, 0.15) is 6.61 Å². The van der Waals surface area contributed by atoms with Crippen molar-refractivity contribution < 1.29 is 17.7 Å². The van der Waals surface area contributed by atoms with E-state index in [0.29, 0.717) is 5.92 Å². The molecule has 3 unspecified atom stereocenters. The standard InChI is InChI=1S/C23H29NO3S.C5H6O/c1-16(2)14-24-23(15-28(25,26)27)13-5-7-18-10-11-20-19-8-4-3-6-17(19)9-12-21(20)22(18)23;1-2-4-6-5-3-1/h3-4,6,8-12,16,18,22,24H,5,7,13-15H2,1-2H3,(H,25,26,27);1-4H,5H2. The van der Waals surface area contributed by atoms with E-state index < -0.39 is 15.7 Å². The maximum absolute atomic E-state index is 12.0. The van der Waals surface area contributed by atoms with E-state index in [0.717, 1.165) is 32.4 Å². The zero-order valence-electron chi connectivity index (χ0n) is 20.0. The van der Waals surface area contributed by atoms with Gasteiger partial charge in [0.15, 0.2) is 0 Å². The molecule has 0 radical (unpaired) electrons. The molecule has 5 rings (SSSR count). The van der Waals surface area contributed by atoms with Gasteiger partial charge in [-0.2, -0.15) is 8.42 Å². The van der Waals surface area contributed by atoms with Gasteiger partial charge in [-0.15, -0.1) is 0 Å². The lowest BCUT2D eigenvalue weighted by Gasteiger charge is -2.50. The third-order valence-electron chi connectivity index (χ3n) is 6.95. The Bertz CT molecular complexity index is 1190. The molecule has 0 spiro atoms. The first-order valence-electron chi connectivity index (χ1n) is 12.1. The minimum absolute atomic E-state index is 0.0338. The Morgan fingerprint density at radius 1 is 1.18 bits per heavy atom. The molecule has 0 aromatic heterocycles. The molecule has 2 aliphatic carbocycles. The highest BCUT2D eigenvalue weighted by Crippen LogP contribution is 2.50. The topological polar surface area (TPSA) is 75.6 Å². The van der Waals surface area contributed by atoms with Crippen LogP contribution in [-0.4, -0.2) is 37.4 Å². The SMILES string of the molecule is C1=CCOC=C1.CC(C)CNC1(CS(=O)(=O)O)CCCC2C=Cc3c(ccc4ccccc34)C21. The van der Waals surface area contributed by atoms with Crippen LogP contribution in [0, 0.1) is 11.8 Å². The molecule has 1 heterocycles. The minimum Gasteiger partial charge on any atom is -0.497 e. The average molecular weight is 482 g/mol. The molecule has 2 aromatic rings. The predicted octanol–water partition coefficient (Wildman–Crippen LogP) is 5.71. The van der Waals surface area contributed by atoms with Crippen LogP contribution in [0.15, 0.2) is 67.0 Å². The van der Waals surface area contributed by atoms with Crippen LogP contribution in [0.2, 0.25) is 0 Å². The van der Waals surface area contributed by atoms with E-state index in [9.17, 15) is 13.0 Å². The number of fused-ring (bicyclic) bond motifs is 5. The first-order chi connectivity index (χ1) is 16.3. The van der Waals surface area contributed by atoms with Crippen molar-refractivity contribution in [2.24, 2.45) is 11.8 Å². The summed E-state index contributed by atoms with van der Waals surface area (Å²) in [4.78, 5) is 0. The van der Waals surface area contributed by atoms with Gasteiger partial charge in [-0.3, -0.25) is 4.55 Å². The Hall–Kier alpha value is -2.41. The van der Waals surface area contributed by atoms with Crippen molar-refractivity contribution in [3.05, 3.63) is 78.1 Å². The summed E-state index contributed by atoms with van der Waals surface area (Å²) in [6.07, 6.45) is 14.7. The normalized spacial score (nSPS) is 25.3.